The van der Waals surface area contributed by atoms with Gasteiger partial charge in [-0.25, -0.2) is 0 Å². The molecule has 3 rings (SSSR count). The molecule has 5 heteroatoms. The Kier molecular flexibility index (Phi) is 3.85. The first-order valence-electron chi connectivity index (χ1n) is 7.19. The lowest BCUT2D eigenvalue weighted by atomic mass is 10.1. The van der Waals surface area contributed by atoms with Crippen molar-refractivity contribution in [2.75, 3.05) is 18.0 Å². The van der Waals surface area contributed by atoms with E-state index in [0.717, 1.165) is 35.8 Å². The van der Waals surface area contributed by atoms with Crippen LogP contribution in [0, 0.1) is 5.92 Å². The molecule has 0 spiro atoms. The fourth-order valence-corrected chi connectivity index (χ4v) is 2.89. The van der Waals surface area contributed by atoms with E-state index in [2.05, 4.69) is 22.3 Å². The summed E-state index contributed by atoms with van der Waals surface area (Å²) in [5.74, 6) is -0.242. The zero-order valence-electron chi connectivity index (χ0n) is 11.4. The Balaban J connectivity index is 1.65. The maximum atomic E-state index is 11.2. The number of nitrogens with zero attached hydrogens (tertiary/aromatic N) is 1. The Morgan fingerprint density at radius 1 is 1.40 bits per heavy atom. The van der Waals surface area contributed by atoms with Gasteiger partial charge in [-0.2, -0.15) is 0 Å². The SMILES string of the molecule is NC(=O)C1CCN(c2ccc(CNC3CC3)c(Cl)c2)C1. The van der Waals surface area contributed by atoms with E-state index >= 15 is 0 Å². The molecule has 1 atom stereocenters. The van der Waals surface area contributed by atoms with Crippen molar-refractivity contribution in [3.63, 3.8) is 0 Å². The number of primary amides is 1. The Bertz CT molecular complexity index is 516. The summed E-state index contributed by atoms with van der Waals surface area (Å²) in [5.41, 5.74) is 7.58. The molecule has 4 nitrogen and oxygen atoms in total. The Morgan fingerprint density at radius 3 is 2.80 bits per heavy atom. The minimum absolute atomic E-state index is 0.0371. The van der Waals surface area contributed by atoms with Gasteiger partial charge < -0.3 is 16.0 Å². The number of anilines is 1. The number of hydrogen-bond acceptors (Lipinski definition) is 3. The van der Waals surface area contributed by atoms with Gasteiger partial charge in [0, 0.05) is 36.4 Å². The average molecular weight is 294 g/mol. The van der Waals surface area contributed by atoms with Gasteiger partial charge in [-0.05, 0) is 37.0 Å². The monoisotopic (exact) mass is 293 g/mol. The molecular weight excluding hydrogens is 274 g/mol. The number of carbonyl (C=O) groups excluding carboxylic acids is 1. The van der Waals surface area contributed by atoms with Gasteiger partial charge in [0.25, 0.3) is 0 Å². The first-order chi connectivity index (χ1) is 9.63. The molecule has 1 saturated heterocycles. The number of rotatable bonds is 5. The van der Waals surface area contributed by atoms with Crippen LogP contribution in [0.1, 0.15) is 24.8 Å². The molecule has 0 radical (unpaired) electrons. The molecule has 20 heavy (non-hydrogen) atoms. The standard InChI is InChI=1S/C15H20ClN3O/c16-14-7-13(19-6-5-11(9-19)15(17)20)4-1-10(14)8-18-12-2-3-12/h1,4,7,11-12,18H,2-3,5-6,8-9H2,(H2,17,20). The van der Waals surface area contributed by atoms with E-state index in [9.17, 15) is 4.79 Å². The van der Waals surface area contributed by atoms with Crippen molar-refractivity contribution < 1.29 is 4.79 Å². The van der Waals surface area contributed by atoms with Crippen LogP contribution in [0.4, 0.5) is 5.69 Å². The topological polar surface area (TPSA) is 58.4 Å². The summed E-state index contributed by atoms with van der Waals surface area (Å²) < 4.78 is 0. The lowest BCUT2D eigenvalue weighted by molar-refractivity contribution is -0.121. The zero-order chi connectivity index (χ0) is 14.1. The molecule has 1 saturated carbocycles. The molecule has 1 heterocycles. The van der Waals surface area contributed by atoms with Gasteiger partial charge in [0.2, 0.25) is 5.91 Å². The molecule has 108 valence electrons. The Hall–Kier alpha value is -1.26. The van der Waals surface area contributed by atoms with Crippen molar-refractivity contribution in [1.29, 1.82) is 0 Å². The number of benzene rings is 1. The minimum Gasteiger partial charge on any atom is -0.371 e. The number of hydrogen-bond donors (Lipinski definition) is 2. The summed E-state index contributed by atoms with van der Waals surface area (Å²) in [6.07, 6.45) is 3.38. The summed E-state index contributed by atoms with van der Waals surface area (Å²) in [6, 6.07) is 6.83. The number of nitrogens with two attached hydrogens (primary N) is 1. The van der Waals surface area contributed by atoms with Crippen LogP contribution in [0.15, 0.2) is 18.2 Å². The van der Waals surface area contributed by atoms with Crippen LogP contribution in [-0.2, 0) is 11.3 Å². The smallest absolute Gasteiger partial charge is 0.222 e. The fourth-order valence-electron chi connectivity index (χ4n) is 2.65. The first kappa shape index (κ1) is 13.7. The van der Waals surface area contributed by atoms with Crippen molar-refractivity contribution in [2.45, 2.75) is 31.8 Å². The maximum Gasteiger partial charge on any atom is 0.222 e. The Morgan fingerprint density at radius 2 is 2.20 bits per heavy atom. The van der Waals surface area contributed by atoms with Gasteiger partial charge in [-0.15, -0.1) is 0 Å². The average Bonchev–Trinajstić information content (AvgIpc) is 3.11. The lowest BCUT2D eigenvalue weighted by Gasteiger charge is -2.19. The van der Waals surface area contributed by atoms with E-state index in [1.54, 1.807) is 0 Å². The van der Waals surface area contributed by atoms with Crippen LogP contribution < -0.4 is 16.0 Å². The molecule has 1 aliphatic carbocycles. The third-order valence-electron chi connectivity index (χ3n) is 4.15. The number of amides is 1. The summed E-state index contributed by atoms with van der Waals surface area (Å²) in [6.45, 7) is 2.39. The van der Waals surface area contributed by atoms with Crippen molar-refractivity contribution in [1.82, 2.24) is 5.32 Å². The highest BCUT2D eigenvalue weighted by Gasteiger charge is 2.27. The molecule has 1 amide bonds. The highest BCUT2D eigenvalue weighted by atomic mass is 35.5. The molecule has 1 aromatic carbocycles. The quantitative estimate of drug-likeness (QED) is 0.872. The molecule has 1 aromatic rings. The Labute approximate surface area is 124 Å². The largest absolute Gasteiger partial charge is 0.371 e. The minimum atomic E-state index is -0.205. The van der Waals surface area contributed by atoms with Crippen LogP contribution in [0.2, 0.25) is 5.02 Å². The number of halogens is 1. The van der Waals surface area contributed by atoms with E-state index < -0.39 is 0 Å². The molecule has 0 aromatic heterocycles. The number of carbonyl (C=O) groups is 1. The fraction of sp³-hybridized carbons (Fsp3) is 0.533. The number of nitrogens with one attached hydrogen (secondary N) is 1. The third-order valence-corrected chi connectivity index (χ3v) is 4.50. The molecule has 1 unspecified atom stereocenters. The van der Waals surface area contributed by atoms with Gasteiger partial charge in [0.15, 0.2) is 0 Å². The van der Waals surface area contributed by atoms with Crippen LogP contribution >= 0.6 is 11.6 Å². The van der Waals surface area contributed by atoms with Gasteiger partial charge in [-0.3, -0.25) is 4.79 Å². The van der Waals surface area contributed by atoms with Crippen LogP contribution in [0.3, 0.4) is 0 Å². The first-order valence-corrected chi connectivity index (χ1v) is 7.57. The highest BCUT2D eigenvalue weighted by molar-refractivity contribution is 6.31. The van der Waals surface area contributed by atoms with E-state index in [1.807, 2.05) is 6.07 Å². The molecule has 3 N–H and O–H groups in total. The lowest BCUT2D eigenvalue weighted by Crippen LogP contribution is -2.27. The zero-order valence-corrected chi connectivity index (χ0v) is 12.2. The van der Waals surface area contributed by atoms with Crippen molar-refractivity contribution in [3.05, 3.63) is 28.8 Å². The summed E-state index contributed by atoms with van der Waals surface area (Å²) in [4.78, 5) is 13.4. The van der Waals surface area contributed by atoms with Crippen LogP contribution in [0.5, 0.6) is 0 Å². The summed E-state index contributed by atoms with van der Waals surface area (Å²) in [5, 5.41) is 4.26. The molecule has 2 aliphatic rings. The van der Waals surface area contributed by atoms with Gasteiger partial charge in [-0.1, -0.05) is 17.7 Å². The predicted molar refractivity (Wildman–Crippen MR) is 80.8 cm³/mol. The third kappa shape index (κ3) is 3.07. The second kappa shape index (κ2) is 5.62. The van der Waals surface area contributed by atoms with Crippen LogP contribution in [-0.4, -0.2) is 25.0 Å². The van der Waals surface area contributed by atoms with E-state index in [-0.39, 0.29) is 11.8 Å². The molecule has 2 fully saturated rings. The van der Waals surface area contributed by atoms with E-state index in [4.69, 9.17) is 17.3 Å². The van der Waals surface area contributed by atoms with Gasteiger partial charge in [0.05, 0.1) is 5.92 Å². The normalized spacial score (nSPS) is 22.2. The molecular formula is C15H20ClN3O. The van der Waals surface area contributed by atoms with Gasteiger partial charge >= 0.3 is 0 Å². The highest BCUT2D eigenvalue weighted by Crippen LogP contribution is 2.28. The molecule has 1 aliphatic heterocycles. The predicted octanol–water partition coefficient (Wildman–Crippen LogP) is 1.90. The van der Waals surface area contributed by atoms with Crippen molar-refractivity contribution in [3.8, 4) is 0 Å². The van der Waals surface area contributed by atoms with Gasteiger partial charge in [0.1, 0.15) is 0 Å². The van der Waals surface area contributed by atoms with E-state index in [0.29, 0.717) is 12.6 Å². The second-order valence-corrected chi connectivity index (χ2v) is 6.17. The molecule has 0 bridgehead atoms. The van der Waals surface area contributed by atoms with Crippen molar-refractivity contribution >= 4 is 23.2 Å². The summed E-state index contributed by atoms with van der Waals surface area (Å²) >= 11 is 6.35. The van der Waals surface area contributed by atoms with Crippen LogP contribution in [0.25, 0.3) is 0 Å². The van der Waals surface area contributed by atoms with E-state index in [1.165, 1.54) is 12.8 Å². The second-order valence-electron chi connectivity index (χ2n) is 5.76. The summed E-state index contributed by atoms with van der Waals surface area (Å²) in [7, 11) is 0. The maximum absolute atomic E-state index is 11.2. The van der Waals surface area contributed by atoms with Crippen molar-refractivity contribution in [2.24, 2.45) is 11.7 Å².